The van der Waals surface area contributed by atoms with Crippen molar-refractivity contribution in [1.82, 2.24) is 0 Å². The summed E-state index contributed by atoms with van der Waals surface area (Å²) in [5, 5.41) is 3.54. The fourth-order valence-electron chi connectivity index (χ4n) is 3.54. The molecule has 1 aliphatic carbocycles. The number of rotatable bonds is 3. The molecule has 1 nitrogen and oxygen atoms in total. The van der Waals surface area contributed by atoms with Crippen molar-refractivity contribution in [3.8, 4) is 0 Å². The van der Waals surface area contributed by atoms with E-state index in [0.717, 1.165) is 11.3 Å². The minimum Gasteiger partial charge on any atom is -0.356 e. The van der Waals surface area contributed by atoms with E-state index in [0.29, 0.717) is 0 Å². The van der Waals surface area contributed by atoms with Crippen molar-refractivity contribution in [1.29, 1.82) is 0 Å². The van der Waals surface area contributed by atoms with Crippen LogP contribution in [0.1, 0.15) is 57.2 Å². The Kier molecular flexibility index (Phi) is 3.83. The summed E-state index contributed by atoms with van der Waals surface area (Å²) in [4.78, 5) is 0. The molecular weight excluding hydrogens is 278 g/mol. The minimum absolute atomic E-state index is 0.245. The smallest absolute Gasteiger partial charge is 0.0387 e. The number of anilines is 2. The van der Waals surface area contributed by atoms with E-state index in [1.165, 1.54) is 29.7 Å². The number of fused-ring (bicyclic) bond motifs is 1. The summed E-state index contributed by atoms with van der Waals surface area (Å²) >= 11 is 0. The Bertz CT molecular complexity index is 720. The highest BCUT2D eigenvalue weighted by molar-refractivity contribution is 5.64. The van der Waals surface area contributed by atoms with Crippen LogP contribution in [0.2, 0.25) is 0 Å². The maximum absolute atomic E-state index is 3.80. The van der Waals surface area contributed by atoms with Crippen molar-refractivity contribution in [3.05, 3.63) is 65.7 Å². The van der Waals surface area contributed by atoms with Crippen LogP contribution in [0.3, 0.4) is 0 Å². The molecule has 0 atom stereocenters. The van der Waals surface area contributed by atoms with Crippen molar-refractivity contribution < 1.29 is 0 Å². The van der Waals surface area contributed by atoms with Gasteiger partial charge in [-0.25, -0.2) is 0 Å². The first-order valence-corrected chi connectivity index (χ1v) is 8.46. The average Bonchev–Trinajstić information content (AvgIpc) is 2.53. The average molecular weight is 305 g/mol. The molecule has 0 unspecified atom stereocenters. The molecule has 1 aliphatic rings. The van der Waals surface area contributed by atoms with Gasteiger partial charge in [0.15, 0.2) is 0 Å². The summed E-state index contributed by atoms with van der Waals surface area (Å²) in [6.07, 6.45) is 4.36. The maximum Gasteiger partial charge on any atom is 0.0387 e. The first-order valence-electron chi connectivity index (χ1n) is 8.46. The quantitative estimate of drug-likeness (QED) is 0.689. The third-order valence-corrected chi connectivity index (χ3v) is 5.29. The molecule has 23 heavy (non-hydrogen) atoms. The van der Waals surface area contributed by atoms with Crippen molar-refractivity contribution in [2.24, 2.45) is 0 Å². The summed E-state index contributed by atoms with van der Waals surface area (Å²) in [5.41, 5.74) is 6.93. The van der Waals surface area contributed by atoms with Crippen LogP contribution in [0.15, 0.2) is 49.0 Å². The van der Waals surface area contributed by atoms with Gasteiger partial charge >= 0.3 is 0 Å². The molecule has 0 spiro atoms. The molecular formula is C22H27N. The molecule has 1 heteroatoms. The Morgan fingerprint density at radius 1 is 0.826 bits per heavy atom. The molecule has 120 valence electrons. The molecule has 0 bridgehead atoms. The minimum atomic E-state index is 0.245. The molecule has 0 fully saturated rings. The molecule has 0 amide bonds. The van der Waals surface area contributed by atoms with Gasteiger partial charge < -0.3 is 5.32 Å². The van der Waals surface area contributed by atoms with E-state index in [-0.39, 0.29) is 10.8 Å². The number of benzene rings is 2. The van der Waals surface area contributed by atoms with Crippen LogP contribution in [0.4, 0.5) is 11.4 Å². The fraction of sp³-hybridized carbons (Fsp3) is 0.364. The van der Waals surface area contributed by atoms with Crippen molar-refractivity contribution in [3.63, 3.8) is 0 Å². The highest BCUT2D eigenvalue weighted by Gasteiger charge is 2.36. The number of hydrogen-bond acceptors (Lipinski definition) is 1. The van der Waals surface area contributed by atoms with Crippen molar-refractivity contribution in [2.45, 2.75) is 51.4 Å². The van der Waals surface area contributed by atoms with Crippen LogP contribution in [-0.4, -0.2) is 0 Å². The number of nitrogens with one attached hydrogen (secondary N) is 1. The highest BCUT2D eigenvalue weighted by atomic mass is 14.9. The molecule has 0 saturated heterocycles. The zero-order valence-electron chi connectivity index (χ0n) is 14.7. The maximum atomic E-state index is 3.80. The Labute approximate surface area is 140 Å². The van der Waals surface area contributed by atoms with Crippen LogP contribution in [0.5, 0.6) is 0 Å². The molecule has 2 aromatic rings. The molecule has 3 rings (SSSR count). The van der Waals surface area contributed by atoms with Gasteiger partial charge in [0.1, 0.15) is 0 Å². The lowest BCUT2D eigenvalue weighted by atomic mass is 9.63. The lowest BCUT2D eigenvalue weighted by Gasteiger charge is -2.42. The Morgan fingerprint density at radius 2 is 1.39 bits per heavy atom. The first-order chi connectivity index (χ1) is 10.8. The van der Waals surface area contributed by atoms with E-state index >= 15 is 0 Å². The molecule has 0 radical (unpaired) electrons. The molecule has 0 aromatic heterocycles. The summed E-state index contributed by atoms with van der Waals surface area (Å²) < 4.78 is 0. The summed E-state index contributed by atoms with van der Waals surface area (Å²) in [6, 6.07) is 15.2. The van der Waals surface area contributed by atoms with E-state index < -0.39 is 0 Å². The predicted octanol–water partition coefficient (Wildman–Crippen LogP) is 6.42. The van der Waals surface area contributed by atoms with Gasteiger partial charge in [-0.3, -0.25) is 0 Å². The van der Waals surface area contributed by atoms with Crippen LogP contribution >= 0.6 is 0 Å². The van der Waals surface area contributed by atoms with Gasteiger partial charge in [-0.2, -0.15) is 0 Å². The van der Waals surface area contributed by atoms with Crippen LogP contribution < -0.4 is 5.32 Å². The lowest BCUT2D eigenvalue weighted by Crippen LogP contribution is -2.33. The van der Waals surface area contributed by atoms with Gasteiger partial charge in [0, 0.05) is 11.4 Å². The van der Waals surface area contributed by atoms with Gasteiger partial charge in [-0.05, 0) is 64.6 Å². The standard InChI is InChI=1S/C22H27N/c1-6-16-7-9-17(10-8-16)23-18-11-12-19-20(15-18)22(4,5)14-13-21(19,2)3/h6-12,15,23H,1,13-14H2,2-5H3. The van der Waals surface area contributed by atoms with Crippen LogP contribution in [0.25, 0.3) is 6.08 Å². The van der Waals surface area contributed by atoms with Gasteiger partial charge in [0.05, 0.1) is 0 Å². The van der Waals surface area contributed by atoms with Gasteiger partial charge in [-0.15, -0.1) is 0 Å². The molecule has 0 heterocycles. The van der Waals surface area contributed by atoms with Gasteiger partial charge in [0.25, 0.3) is 0 Å². The Morgan fingerprint density at radius 3 is 2.00 bits per heavy atom. The number of hydrogen-bond donors (Lipinski definition) is 1. The highest BCUT2D eigenvalue weighted by Crippen LogP contribution is 2.46. The summed E-state index contributed by atoms with van der Waals surface area (Å²) in [7, 11) is 0. The zero-order valence-corrected chi connectivity index (χ0v) is 14.7. The third-order valence-electron chi connectivity index (χ3n) is 5.29. The van der Waals surface area contributed by atoms with Gasteiger partial charge in [-0.1, -0.05) is 58.5 Å². The zero-order chi connectivity index (χ0) is 16.7. The molecule has 2 aromatic carbocycles. The molecule has 0 aliphatic heterocycles. The van der Waals surface area contributed by atoms with E-state index in [2.05, 4.69) is 82.1 Å². The normalized spacial score (nSPS) is 18.1. The lowest BCUT2D eigenvalue weighted by molar-refractivity contribution is 0.332. The first kappa shape index (κ1) is 15.9. The van der Waals surface area contributed by atoms with E-state index in [1.807, 2.05) is 6.08 Å². The Balaban J connectivity index is 1.94. The summed E-state index contributed by atoms with van der Waals surface area (Å²) in [5.74, 6) is 0. The van der Waals surface area contributed by atoms with Crippen molar-refractivity contribution in [2.75, 3.05) is 5.32 Å². The van der Waals surface area contributed by atoms with E-state index in [4.69, 9.17) is 0 Å². The second-order valence-corrected chi connectivity index (χ2v) is 7.98. The Hall–Kier alpha value is -2.02. The monoisotopic (exact) mass is 305 g/mol. The largest absolute Gasteiger partial charge is 0.356 e. The van der Waals surface area contributed by atoms with Gasteiger partial charge in [0.2, 0.25) is 0 Å². The van der Waals surface area contributed by atoms with E-state index in [9.17, 15) is 0 Å². The third kappa shape index (κ3) is 3.06. The summed E-state index contributed by atoms with van der Waals surface area (Å²) in [6.45, 7) is 13.3. The SMILES string of the molecule is C=Cc1ccc(Nc2ccc3c(c2)C(C)(C)CCC3(C)C)cc1. The second kappa shape index (κ2) is 5.56. The van der Waals surface area contributed by atoms with Crippen LogP contribution in [0, 0.1) is 0 Å². The molecule has 1 N–H and O–H groups in total. The van der Waals surface area contributed by atoms with E-state index in [1.54, 1.807) is 0 Å². The topological polar surface area (TPSA) is 12.0 Å². The van der Waals surface area contributed by atoms with Crippen LogP contribution in [-0.2, 0) is 10.8 Å². The predicted molar refractivity (Wildman–Crippen MR) is 102 cm³/mol. The van der Waals surface area contributed by atoms with Crippen molar-refractivity contribution >= 4 is 17.5 Å². The second-order valence-electron chi connectivity index (χ2n) is 7.98. The molecule has 0 saturated carbocycles. The fourth-order valence-corrected chi connectivity index (χ4v) is 3.54.